The molecule has 0 radical (unpaired) electrons. The maximum absolute atomic E-state index is 11.1. The first-order valence-electron chi connectivity index (χ1n) is 4.79. The van der Waals surface area contributed by atoms with Gasteiger partial charge in [-0.3, -0.25) is 4.79 Å². The molecule has 0 atom stereocenters. The molecule has 1 aliphatic rings. The van der Waals surface area contributed by atoms with Crippen LogP contribution in [0.3, 0.4) is 0 Å². The van der Waals surface area contributed by atoms with Gasteiger partial charge in [0.25, 0.3) is 0 Å². The van der Waals surface area contributed by atoms with Crippen molar-refractivity contribution in [3.63, 3.8) is 0 Å². The van der Waals surface area contributed by atoms with E-state index < -0.39 is 0 Å². The fourth-order valence-corrected chi connectivity index (χ4v) is 1.94. The summed E-state index contributed by atoms with van der Waals surface area (Å²) in [6, 6.07) is 0. The Hall–Kier alpha value is -0.860. The lowest BCUT2D eigenvalue weighted by Gasteiger charge is -2.25. The molecule has 0 saturated heterocycles. The van der Waals surface area contributed by atoms with E-state index in [2.05, 4.69) is 4.74 Å². The van der Waals surface area contributed by atoms with Gasteiger partial charge in [0.1, 0.15) is 6.29 Å². The Kier molecular flexibility index (Phi) is 3.93. The van der Waals surface area contributed by atoms with Gasteiger partial charge >= 0.3 is 5.97 Å². The lowest BCUT2D eigenvalue weighted by atomic mass is 9.81. The van der Waals surface area contributed by atoms with Crippen molar-refractivity contribution in [2.24, 2.45) is 11.8 Å². The molecule has 1 saturated carbocycles. The molecular weight excluding hydrogens is 168 g/mol. The summed E-state index contributed by atoms with van der Waals surface area (Å²) in [4.78, 5) is 21.4. The van der Waals surface area contributed by atoms with E-state index in [0.29, 0.717) is 12.3 Å². The molecule has 0 aromatic rings. The van der Waals surface area contributed by atoms with Crippen LogP contribution in [-0.4, -0.2) is 19.4 Å². The van der Waals surface area contributed by atoms with Crippen molar-refractivity contribution in [1.29, 1.82) is 0 Å². The SMILES string of the molecule is COC(=O)C1CCC(CC=O)CC1. The highest BCUT2D eigenvalue weighted by molar-refractivity contribution is 5.72. The minimum Gasteiger partial charge on any atom is -0.469 e. The number of rotatable bonds is 3. The summed E-state index contributed by atoms with van der Waals surface area (Å²) >= 11 is 0. The second-order valence-electron chi connectivity index (χ2n) is 3.64. The average Bonchev–Trinajstić information content (AvgIpc) is 2.18. The van der Waals surface area contributed by atoms with Gasteiger partial charge in [-0.25, -0.2) is 0 Å². The van der Waals surface area contributed by atoms with Gasteiger partial charge in [0.15, 0.2) is 0 Å². The van der Waals surface area contributed by atoms with Crippen molar-refractivity contribution in [3.05, 3.63) is 0 Å². The summed E-state index contributed by atoms with van der Waals surface area (Å²) in [5.41, 5.74) is 0. The number of carbonyl (C=O) groups excluding carboxylic acids is 2. The predicted octanol–water partition coefficient (Wildman–Crippen LogP) is 1.55. The summed E-state index contributed by atoms with van der Waals surface area (Å²) in [6.45, 7) is 0. The van der Waals surface area contributed by atoms with Gasteiger partial charge < -0.3 is 9.53 Å². The molecule has 0 N–H and O–H groups in total. The molecule has 0 aliphatic heterocycles. The number of hydrogen-bond acceptors (Lipinski definition) is 3. The molecule has 1 rings (SSSR count). The van der Waals surface area contributed by atoms with E-state index in [0.717, 1.165) is 32.0 Å². The molecule has 0 bridgehead atoms. The lowest BCUT2D eigenvalue weighted by molar-refractivity contribution is -0.146. The third kappa shape index (κ3) is 2.83. The predicted molar refractivity (Wildman–Crippen MR) is 48.1 cm³/mol. The molecule has 1 aliphatic carbocycles. The zero-order valence-electron chi connectivity index (χ0n) is 7.99. The van der Waals surface area contributed by atoms with E-state index >= 15 is 0 Å². The zero-order valence-corrected chi connectivity index (χ0v) is 7.99. The van der Waals surface area contributed by atoms with Crippen LogP contribution >= 0.6 is 0 Å². The quantitative estimate of drug-likeness (QED) is 0.493. The summed E-state index contributed by atoms with van der Waals surface area (Å²) < 4.78 is 4.68. The Morgan fingerprint density at radius 2 is 2.00 bits per heavy atom. The number of esters is 1. The highest BCUT2D eigenvalue weighted by atomic mass is 16.5. The standard InChI is InChI=1S/C10H16O3/c1-13-10(12)9-4-2-8(3-5-9)6-7-11/h7-9H,2-6H2,1H3. The van der Waals surface area contributed by atoms with Gasteiger partial charge in [-0.1, -0.05) is 0 Å². The Morgan fingerprint density at radius 3 is 2.46 bits per heavy atom. The van der Waals surface area contributed by atoms with Gasteiger partial charge in [-0.05, 0) is 31.6 Å². The van der Waals surface area contributed by atoms with E-state index in [9.17, 15) is 9.59 Å². The Labute approximate surface area is 78.5 Å². The number of aldehydes is 1. The van der Waals surface area contributed by atoms with Gasteiger partial charge in [0.2, 0.25) is 0 Å². The normalized spacial score (nSPS) is 28.1. The summed E-state index contributed by atoms with van der Waals surface area (Å²) in [5.74, 6) is 0.482. The van der Waals surface area contributed by atoms with Crippen molar-refractivity contribution in [3.8, 4) is 0 Å². The third-order valence-electron chi connectivity index (χ3n) is 2.81. The Bertz CT molecular complexity index is 181. The molecule has 0 spiro atoms. The van der Waals surface area contributed by atoms with Gasteiger partial charge in [0.05, 0.1) is 13.0 Å². The first kappa shape index (κ1) is 10.2. The van der Waals surface area contributed by atoms with Crippen LogP contribution in [0.2, 0.25) is 0 Å². The van der Waals surface area contributed by atoms with Gasteiger partial charge in [-0.15, -0.1) is 0 Å². The van der Waals surface area contributed by atoms with Crippen molar-refractivity contribution in [2.75, 3.05) is 7.11 Å². The molecule has 3 heteroatoms. The van der Waals surface area contributed by atoms with E-state index in [1.165, 1.54) is 7.11 Å². The van der Waals surface area contributed by atoms with Crippen molar-refractivity contribution in [1.82, 2.24) is 0 Å². The summed E-state index contributed by atoms with van der Waals surface area (Å²) in [6.07, 6.45) is 5.35. The van der Waals surface area contributed by atoms with Crippen molar-refractivity contribution in [2.45, 2.75) is 32.1 Å². The van der Waals surface area contributed by atoms with E-state index in [4.69, 9.17) is 0 Å². The average molecular weight is 184 g/mol. The maximum atomic E-state index is 11.1. The molecule has 0 heterocycles. The molecule has 0 aromatic heterocycles. The van der Waals surface area contributed by atoms with Crippen LogP contribution < -0.4 is 0 Å². The second kappa shape index (κ2) is 5.00. The Balaban J connectivity index is 2.30. The third-order valence-corrected chi connectivity index (χ3v) is 2.81. The topological polar surface area (TPSA) is 43.4 Å². The molecule has 3 nitrogen and oxygen atoms in total. The highest BCUT2D eigenvalue weighted by Crippen LogP contribution is 2.30. The van der Waals surface area contributed by atoms with Gasteiger partial charge in [-0.2, -0.15) is 0 Å². The van der Waals surface area contributed by atoms with E-state index in [1.54, 1.807) is 0 Å². The van der Waals surface area contributed by atoms with Crippen LogP contribution in [0, 0.1) is 11.8 Å². The van der Waals surface area contributed by atoms with E-state index in [1.807, 2.05) is 0 Å². The van der Waals surface area contributed by atoms with Crippen LogP contribution in [0.15, 0.2) is 0 Å². The number of methoxy groups -OCH3 is 1. The van der Waals surface area contributed by atoms with Crippen LogP contribution in [0.4, 0.5) is 0 Å². The summed E-state index contributed by atoms with van der Waals surface area (Å²) in [7, 11) is 1.43. The minimum absolute atomic E-state index is 0.0768. The van der Waals surface area contributed by atoms with Crippen LogP contribution in [0.5, 0.6) is 0 Å². The second-order valence-corrected chi connectivity index (χ2v) is 3.64. The van der Waals surface area contributed by atoms with E-state index in [-0.39, 0.29) is 11.9 Å². The molecular formula is C10H16O3. The first-order chi connectivity index (χ1) is 6.27. The highest BCUT2D eigenvalue weighted by Gasteiger charge is 2.26. The van der Waals surface area contributed by atoms with Crippen LogP contribution in [0.1, 0.15) is 32.1 Å². The molecule has 1 fully saturated rings. The van der Waals surface area contributed by atoms with Crippen molar-refractivity contribution >= 4 is 12.3 Å². The minimum atomic E-state index is -0.0930. The Morgan fingerprint density at radius 1 is 1.38 bits per heavy atom. The fraction of sp³-hybridized carbons (Fsp3) is 0.800. The lowest BCUT2D eigenvalue weighted by Crippen LogP contribution is -2.22. The number of ether oxygens (including phenoxy) is 1. The number of hydrogen-bond donors (Lipinski definition) is 0. The molecule has 0 amide bonds. The van der Waals surface area contributed by atoms with Gasteiger partial charge in [0, 0.05) is 6.42 Å². The summed E-state index contributed by atoms with van der Waals surface area (Å²) in [5, 5.41) is 0. The number of carbonyl (C=O) groups is 2. The largest absolute Gasteiger partial charge is 0.469 e. The van der Waals surface area contributed by atoms with Crippen molar-refractivity contribution < 1.29 is 14.3 Å². The molecule has 13 heavy (non-hydrogen) atoms. The molecule has 74 valence electrons. The van der Waals surface area contributed by atoms with Crippen LogP contribution in [-0.2, 0) is 14.3 Å². The zero-order chi connectivity index (χ0) is 9.68. The fourth-order valence-electron chi connectivity index (χ4n) is 1.94. The molecule has 0 unspecified atom stereocenters. The maximum Gasteiger partial charge on any atom is 0.308 e. The molecule has 0 aromatic carbocycles. The van der Waals surface area contributed by atoms with Crippen LogP contribution in [0.25, 0.3) is 0 Å². The monoisotopic (exact) mass is 184 g/mol. The smallest absolute Gasteiger partial charge is 0.308 e. The first-order valence-corrected chi connectivity index (χ1v) is 4.79.